The van der Waals surface area contributed by atoms with Crippen LogP contribution in [0.15, 0.2) is 24.8 Å². The summed E-state index contributed by atoms with van der Waals surface area (Å²) in [6.07, 6.45) is 3.78. The Labute approximate surface area is 226 Å². The summed E-state index contributed by atoms with van der Waals surface area (Å²) in [7, 11) is 0. The monoisotopic (exact) mass is 545 g/mol. The highest BCUT2D eigenvalue weighted by molar-refractivity contribution is 5.88. The lowest BCUT2D eigenvalue weighted by Crippen LogP contribution is -2.56. The van der Waals surface area contributed by atoms with Crippen LogP contribution in [0.5, 0.6) is 0 Å². The molecule has 212 valence electrons. The molecule has 0 saturated carbocycles. The summed E-state index contributed by atoms with van der Waals surface area (Å²) >= 11 is 0. The highest BCUT2D eigenvalue weighted by atomic mass is 16.6. The molecule has 39 heavy (non-hydrogen) atoms. The van der Waals surface area contributed by atoms with Gasteiger partial charge < -0.3 is 29.5 Å². The van der Waals surface area contributed by atoms with Crippen LogP contribution in [0.25, 0.3) is 0 Å². The number of hydrogen-bond donors (Lipinski definition) is 2. The molecule has 0 radical (unpaired) electrons. The van der Waals surface area contributed by atoms with E-state index in [1.165, 1.54) is 24.8 Å². The summed E-state index contributed by atoms with van der Waals surface area (Å²) in [4.78, 5) is 58.2. The first-order chi connectivity index (χ1) is 18.2. The number of nitrogens with zero attached hydrogens (tertiary/aromatic N) is 7. The van der Waals surface area contributed by atoms with E-state index in [9.17, 15) is 19.5 Å². The number of carbonyl (C=O) groups is 3. The van der Waals surface area contributed by atoms with Gasteiger partial charge in [-0.05, 0) is 41.5 Å². The molecule has 2 amide bonds. The fourth-order valence-electron chi connectivity index (χ4n) is 3.65. The van der Waals surface area contributed by atoms with E-state index in [2.05, 4.69) is 19.9 Å². The lowest BCUT2D eigenvalue weighted by molar-refractivity contribution is -0.000312. The maximum Gasteiger partial charge on any atom is 0.420 e. The molecule has 0 aliphatic carbocycles. The highest BCUT2D eigenvalue weighted by Crippen LogP contribution is 2.21. The summed E-state index contributed by atoms with van der Waals surface area (Å²) in [5, 5.41) is 19.1. The predicted molar refractivity (Wildman–Crippen MR) is 139 cm³/mol. The first kappa shape index (κ1) is 29.5. The molecular weight excluding hydrogens is 510 g/mol. The molecule has 1 unspecified atom stereocenters. The summed E-state index contributed by atoms with van der Waals surface area (Å²) in [5.74, 6) is -0.389. The number of aliphatic hydroxyl groups is 1. The molecule has 1 aliphatic rings. The molecule has 2 aromatic heterocycles. The lowest BCUT2D eigenvalue weighted by Gasteiger charge is -2.40. The second kappa shape index (κ2) is 11.8. The van der Waals surface area contributed by atoms with Crippen LogP contribution in [0.2, 0.25) is 0 Å². The van der Waals surface area contributed by atoms with Crippen molar-refractivity contribution in [1.82, 2.24) is 24.8 Å². The van der Waals surface area contributed by atoms with Crippen LogP contribution in [-0.4, -0.2) is 96.7 Å². The SMILES string of the molecule is CC(C)(C)OC(=O)N(Cc1cnc(N2CCN(c3ncc(C(=O)O)cn3)CC2CO)nc1)C(=O)OC(C)(C)C. The Hall–Kier alpha value is -4.07. The maximum atomic E-state index is 12.8. The van der Waals surface area contributed by atoms with Crippen molar-refractivity contribution in [3.63, 3.8) is 0 Å². The smallest absolute Gasteiger partial charge is 0.420 e. The van der Waals surface area contributed by atoms with Crippen LogP contribution in [0.1, 0.15) is 57.5 Å². The van der Waals surface area contributed by atoms with Crippen LogP contribution in [0, 0.1) is 0 Å². The zero-order chi connectivity index (χ0) is 29.0. The number of carboxylic acid groups (broad SMARTS) is 1. The van der Waals surface area contributed by atoms with E-state index in [1.807, 2.05) is 9.80 Å². The number of aliphatic hydroxyl groups excluding tert-OH is 1. The van der Waals surface area contributed by atoms with Crippen LogP contribution in [0.3, 0.4) is 0 Å². The normalized spacial score (nSPS) is 16.0. The minimum atomic E-state index is -1.11. The van der Waals surface area contributed by atoms with Gasteiger partial charge in [-0.15, -0.1) is 0 Å². The van der Waals surface area contributed by atoms with Gasteiger partial charge in [-0.3, -0.25) is 0 Å². The van der Waals surface area contributed by atoms with Crippen molar-refractivity contribution in [2.75, 3.05) is 36.0 Å². The molecule has 2 aromatic rings. The number of rotatable bonds is 6. The molecule has 1 atom stereocenters. The van der Waals surface area contributed by atoms with Gasteiger partial charge in [-0.1, -0.05) is 0 Å². The van der Waals surface area contributed by atoms with Gasteiger partial charge in [0, 0.05) is 50.0 Å². The number of imide groups is 1. The summed E-state index contributed by atoms with van der Waals surface area (Å²) in [6, 6.07) is -0.382. The van der Waals surface area contributed by atoms with Crippen molar-refractivity contribution in [2.45, 2.75) is 65.3 Å². The lowest BCUT2D eigenvalue weighted by atomic mass is 10.2. The fourth-order valence-corrected chi connectivity index (χ4v) is 3.65. The van der Waals surface area contributed by atoms with Crippen LogP contribution in [-0.2, 0) is 16.0 Å². The summed E-state index contributed by atoms with van der Waals surface area (Å²) in [6.45, 7) is 11.1. The number of aromatic nitrogens is 4. The average molecular weight is 546 g/mol. The van der Waals surface area contributed by atoms with Crippen molar-refractivity contribution >= 4 is 30.1 Å². The molecule has 2 N–H and O–H groups in total. The van der Waals surface area contributed by atoms with Gasteiger partial charge in [-0.25, -0.2) is 39.2 Å². The van der Waals surface area contributed by atoms with E-state index < -0.39 is 29.4 Å². The van der Waals surface area contributed by atoms with Gasteiger partial charge in [0.1, 0.15) is 11.2 Å². The molecule has 3 rings (SSSR count). The Morgan fingerprint density at radius 2 is 1.41 bits per heavy atom. The van der Waals surface area contributed by atoms with Crippen LogP contribution in [0.4, 0.5) is 21.5 Å². The zero-order valence-corrected chi connectivity index (χ0v) is 23.0. The van der Waals surface area contributed by atoms with Gasteiger partial charge in [0.05, 0.1) is 24.8 Å². The van der Waals surface area contributed by atoms with E-state index in [-0.39, 0.29) is 24.8 Å². The van der Waals surface area contributed by atoms with Gasteiger partial charge in [0.2, 0.25) is 11.9 Å². The Morgan fingerprint density at radius 1 is 0.897 bits per heavy atom. The average Bonchev–Trinajstić information content (AvgIpc) is 2.85. The third-order valence-electron chi connectivity index (χ3n) is 5.38. The minimum Gasteiger partial charge on any atom is -0.478 e. The molecule has 14 heteroatoms. The van der Waals surface area contributed by atoms with E-state index in [1.54, 1.807) is 41.5 Å². The third kappa shape index (κ3) is 8.21. The topological polar surface area (TPSA) is 171 Å². The first-order valence-corrected chi connectivity index (χ1v) is 12.4. The van der Waals surface area contributed by atoms with Crippen LogP contribution < -0.4 is 9.80 Å². The second-order valence-corrected chi connectivity index (χ2v) is 11.0. The molecule has 3 heterocycles. The standard InChI is InChI=1S/C25H35N7O7/c1-24(2,3)38-22(36)32(23(37)39-25(4,5)6)13-16-9-26-21(27-10-16)31-8-7-30(14-18(31)15-33)20-28-11-17(12-29-20)19(34)35/h9-12,18,33H,7-8,13-15H2,1-6H3,(H,34,35). The highest BCUT2D eigenvalue weighted by Gasteiger charge is 2.32. The number of carbonyl (C=O) groups excluding carboxylic acids is 2. The van der Waals surface area contributed by atoms with Crippen molar-refractivity contribution in [3.05, 3.63) is 35.9 Å². The van der Waals surface area contributed by atoms with E-state index in [0.717, 1.165) is 4.90 Å². The largest absolute Gasteiger partial charge is 0.478 e. The minimum absolute atomic E-state index is 0.0125. The third-order valence-corrected chi connectivity index (χ3v) is 5.38. The quantitative estimate of drug-likeness (QED) is 0.542. The number of piperazine rings is 1. The van der Waals surface area contributed by atoms with Gasteiger partial charge in [0.15, 0.2) is 0 Å². The maximum absolute atomic E-state index is 12.8. The molecule has 14 nitrogen and oxygen atoms in total. The Kier molecular flexibility index (Phi) is 8.89. The molecule has 1 fully saturated rings. The summed E-state index contributed by atoms with van der Waals surface area (Å²) in [5.41, 5.74) is -1.17. The molecule has 1 saturated heterocycles. The molecule has 0 bridgehead atoms. The van der Waals surface area contributed by atoms with Crippen molar-refractivity contribution in [2.24, 2.45) is 0 Å². The van der Waals surface area contributed by atoms with E-state index in [0.29, 0.717) is 37.1 Å². The molecule has 0 aromatic carbocycles. The Morgan fingerprint density at radius 3 is 1.87 bits per heavy atom. The van der Waals surface area contributed by atoms with Gasteiger partial charge in [-0.2, -0.15) is 0 Å². The molecular formula is C25H35N7O7. The number of hydrogen-bond acceptors (Lipinski definition) is 12. The Bertz CT molecular complexity index is 1130. The van der Waals surface area contributed by atoms with E-state index in [4.69, 9.17) is 14.6 Å². The van der Waals surface area contributed by atoms with Crippen molar-refractivity contribution < 1.29 is 34.1 Å². The van der Waals surface area contributed by atoms with Crippen molar-refractivity contribution in [3.8, 4) is 0 Å². The molecule has 1 aliphatic heterocycles. The summed E-state index contributed by atoms with van der Waals surface area (Å²) < 4.78 is 10.8. The Balaban J connectivity index is 1.72. The van der Waals surface area contributed by atoms with Crippen molar-refractivity contribution in [1.29, 1.82) is 0 Å². The zero-order valence-electron chi connectivity index (χ0n) is 23.0. The van der Waals surface area contributed by atoms with Crippen LogP contribution >= 0.6 is 0 Å². The number of aromatic carboxylic acids is 1. The van der Waals surface area contributed by atoms with Gasteiger partial charge in [0.25, 0.3) is 0 Å². The van der Waals surface area contributed by atoms with Gasteiger partial charge >= 0.3 is 18.2 Å². The number of ether oxygens (including phenoxy) is 2. The number of amides is 2. The second-order valence-electron chi connectivity index (χ2n) is 11.0. The molecule has 0 spiro atoms. The number of anilines is 2. The fraction of sp³-hybridized carbons (Fsp3) is 0.560. The number of carboxylic acids is 1. The predicted octanol–water partition coefficient (Wildman–Crippen LogP) is 2.32. The first-order valence-electron chi connectivity index (χ1n) is 12.4. The van der Waals surface area contributed by atoms with E-state index >= 15 is 0 Å².